The molecule has 0 atom stereocenters. The van der Waals surface area contributed by atoms with Crippen LogP contribution >= 0.6 is 15.9 Å². The number of aliphatic imine (C=N–C) groups is 1. The van der Waals surface area contributed by atoms with Crippen LogP contribution in [-0.4, -0.2) is 24.9 Å². The molecule has 7 heteroatoms. The lowest BCUT2D eigenvalue weighted by molar-refractivity contribution is -0.129. The van der Waals surface area contributed by atoms with E-state index in [1.54, 1.807) is 48.5 Å². The molecule has 3 aromatic carbocycles. The van der Waals surface area contributed by atoms with Crippen LogP contribution in [0.25, 0.3) is 6.08 Å². The number of methoxy groups -OCH3 is 1. The Kier molecular flexibility index (Phi) is 6.18. The number of aryl methyl sites for hydroxylation is 1. The molecular formula is C25H18BrNO5. The number of nitrogens with zero attached hydrogens (tertiary/aromatic N) is 1. The summed E-state index contributed by atoms with van der Waals surface area (Å²) in [6.07, 6.45) is 1.59. The highest BCUT2D eigenvalue weighted by Crippen LogP contribution is 2.31. The average molecular weight is 492 g/mol. The van der Waals surface area contributed by atoms with E-state index in [2.05, 4.69) is 20.9 Å². The van der Waals surface area contributed by atoms with Crippen molar-refractivity contribution in [2.75, 3.05) is 7.11 Å². The van der Waals surface area contributed by atoms with Crippen molar-refractivity contribution in [3.05, 3.63) is 99.2 Å². The third kappa shape index (κ3) is 4.63. The van der Waals surface area contributed by atoms with Crippen LogP contribution in [-0.2, 0) is 9.53 Å². The molecule has 1 aliphatic heterocycles. The Hall–Kier alpha value is -3.71. The first kappa shape index (κ1) is 21.5. The van der Waals surface area contributed by atoms with Crippen molar-refractivity contribution in [2.45, 2.75) is 6.92 Å². The van der Waals surface area contributed by atoms with Gasteiger partial charge in [-0.05, 0) is 66.6 Å². The summed E-state index contributed by atoms with van der Waals surface area (Å²) in [5.74, 6) is -0.155. The Balaban J connectivity index is 1.58. The van der Waals surface area contributed by atoms with Crippen LogP contribution in [0.15, 0.2) is 81.9 Å². The normalized spacial score (nSPS) is 14.2. The van der Waals surface area contributed by atoms with Gasteiger partial charge in [0.05, 0.1) is 12.7 Å². The van der Waals surface area contributed by atoms with E-state index >= 15 is 0 Å². The van der Waals surface area contributed by atoms with Crippen molar-refractivity contribution in [2.24, 2.45) is 4.99 Å². The lowest BCUT2D eigenvalue weighted by Gasteiger charge is -2.11. The van der Waals surface area contributed by atoms with E-state index in [0.717, 1.165) is 10.0 Å². The van der Waals surface area contributed by atoms with E-state index < -0.39 is 11.9 Å². The van der Waals surface area contributed by atoms with Crippen molar-refractivity contribution in [3.63, 3.8) is 0 Å². The largest absolute Gasteiger partial charge is 0.493 e. The number of cyclic esters (lactones) is 1. The first-order valence-electron chi connectivity index (χ1n) is 9.69. The van der Waals surface area contributed by atoms with Crippen molar-refractivity contribution in [1.29, 1.82) is 0 Å². The van der Waals surface area contributed by atoms with Crippen LogP contribution in [0.3, 0.4) is 0 Å². The molecule has 0 fully saturated rings. The molecule has 6 nitrogen and oxygen atoms in total. The predicted molar refractivity (Wildman–Crippen MR) is 124 cm³/mol. The zero-order valence-corrected chi connectivity index (χ0v) is 18.9. The number of carbonyl (C=O) groups excluding carboxylic acids is 2. The van der Waals surface area contributed by atoms with E-state index in [-0.39, 0.29) is 17.3 Å². The molecular weight excluding hydrogens is 474 g/mol. The Bertz CT molecular complexity index is 1260. The minimum Gasteiger partial charge on any atom is -0.493 e. The number of benzene rings is 3. The van der Waals surface area contributed by atoms with Gasteiger partial charge in [-0.3, -0.25) is 0 Å². The van der Waals surface area contributed by atoms with Gasteiger partial charge in [-0.25, -0.2) is 14.6 Å². The third-order valence-electron chi connectivity index (χ3n) is 4.77. The van der Waals surface area contributed by atoms with Crippen molar-refractivity contribution in [1.82, 2.24) is 0 Å². The van der Waals surface area contributed by atoms with E-state index in [0.29, 0.717) is 22.4 Å². The topological polar surface area (TPSA) is 74.2 Å². The Morgan fingerprint density at radius 2 is 1.78 bits per heavy atom. The van der Waals surface area contributed by atoms with Crippen LogP contribution in [0, 0.1) is 6.92 Å². The Morgan fingerprint density at radius 1 is 1.03 bits per heavy atom. The number of carbonyl (C=O) groups is 2. The highest BCUT2D eigenvalue weighted by molar-refractivity contribution is 9.10. The van der Waals surface area contributed by atoms with Gasteiger partial charge in [-0.15, -0.1) is 0 Å². The summed E-state index contributed by atoms with van der Waals surface area (Å²) in [6.45, 7) is 1.84. The predicted octanol–water partition coefficient (Wildman–Crippen LogP) is 5.33. The average Bonchev–Trinajstić information content (AvgIpc) is 3.15. The minimum absolute atomic E-state index is 0.162. The second-order valence-electron chi connectivity index (χ2n) is 6.96. The zero-order valence-electron chi connectivity index (χ0n) is 17.3. The van der Waals surface area contributed by atoms with Gasteiger partial charge in [0.1, 0.15) is 0 Å². The summed E-state index contributed by atoms with van der Waals surface area (Å²) in [5.41, 5.74) is 2.79. The van der Waals surface area contributed by atoms with Gasteiger partial charge >= 0.3 is 11.9 Å². The molecule has 0 aliphatic carbocycles. The van der Waals surface area contributed by atoms with Crippen molar-refractivity contribution >= 4 is 39.8 Å². The molecule has 32 heavy (non-hydrogen) atoms. The smallest absolute Gasteiger partial charge is 0.363 e. The van der Waals surface area contributed by atoms with Crippen molar-refractivity contribution < 1.29 is 23.8 Å². The van der Waals surface area contributed by atoms with Crippen LogP contribution < -0.4 is 9.47 Å². The summed E-state index contributed by atoms with van der Waals surface area (Å²) in [7, 11) is 1.48. The fraction of sp³-hybridized carbons (Fsp3) is 0.0800. The van der Waals surface area contributed by atoms with E-state index in [9.17, 15) is 9.59 Å². The molecule has 4 rings (SSSR count). The van der Waals surface area contributed by atoms with Gasteiger partial charge in [-0.1, -0.05) is 40.2 Å². The summed E-state index contributed by atoms with van der Waals surface area (Å²) >= 11 is 3.37. The lowest BCUT2D eigenvalue weighted by atomic mass is 10.1. The van der Waals surface area contributed by atoms with Crippen molar-refractivity contribution in [3.8, 4) is 11.5 Å². The minimum atomic E-state index is -0.544. The Morgan fingerprint density at radius 3 is 2.50 bits per heavy atom. The first-order valence-corrected chi connectivity index (χ1v) is 10.5. The number of rotatable bonds is 5. The van der Waals surface area contributed by atoms with Gasteiger partial charge in [-0.2, -0.15) is 0 Å². The molecule has 0 amide bonds. The molecule has 160 valence electrons. The second kappa shape index (κ2) is 9.20. The number of ether oxygens (including phenoxy) is 3. The van der Waals surface area contributed by atoms with Gasteiger partial charge < -0.3 is 14.2 Å². The highest BCUT2D eigenvalue weighted by atomic mass is 79.9. The van der Waals surface area contributed by atoms with Gasteiger partial charge in [0.15, 0.2) is 17.2 Å². The molecule has 0 spiro atoms. The third-order valence-corrected chi connectivity index (χ3v) is 5.30. The van der Waals surface area contributed by atoms with Gasteiger partial charge in [0.25, 0.3) is 0 Å². The monoisotopic (exact) mass is 491 g/mol. The summed E-state index contributed by atoms with van der Waals surface area (Å²) in [5, 5.41) is 0. The van der Waals surface area contributed by atoms with Gasteiger partial charge in [0.2, 0.25) is 5.90 Å². The molecule has 1 heterocycles. The number of hydrogen-bond acceptors (Lipinski definition) is 6. The van der Waals surface area contributed by atoms with Crippen LogP contribution in [0.1, 0.15) is 27.0 Å². The van der Waals surface area contributed by atoms with E-state index in [1.807, 2.05) is 31.2 Å². The van der Waals surface area contributed by atoms with Crippen LogP contribution in [0.2, 0.25) is 0 Å². The highest BCUT2D eigenvalue weighted by Gasteiger charge is 2.24. The summed E-state index contributed by atoms with van der Waals surface area (Å²) < 4.78 is 17.1. The van der Waals surface area contributed by atoms with Gasteiger partial charge in [0, 0.05) is 10.0 Å². The molecule has 0 saturated heterocycles. The molecule has 0 saturated carbocycles. The standard InChI is InChI=1S/C25H18BrNO5/c1-15-5-3-4-6-19(15)24(28)31-21-12-7-16(14-22(21)30-2)13-20-25(29)32-23(27-20)17-8-10-18(26)11-9-17/h3-14H,1-2H3/b20-13+. The Labute approximate surface area is 193 Å². The van der Waals surface area contributed by atoms with Crippen LogP contribution in [0.5, 0.6) is 11.5 Å². The summed E-state index contributed by atoms with van der Waals surface area (Å²) in [6, 6.07) is 19.4. The maximum Gasteiger partial charge on any atom is 0.363 e. The quantitative estimate of drug-likeness (QED) is 0.274. The molecule has 0 bridgehead atoms. The molecule has 1 aliphatic rings. The second-order valence-corrected chi connectivity index (χ2v) is 7.87. The summed E-state index contributed by atoms with van der Waals surface area (Å²) in [4.78, 5) is 29.1. The van der Waals surface area contributed by atoms with E-state index in [4.69, 9.17) is 14.2 Å². The van der Waals surface area contributed by atoms with Crippen LogP contribution in [0.4, 0.5) is 0 Å². The molecule has 3 aromatic rings. The maximum absolute atomic E-state index is 12.5. The van der Waals surface area contributed by atoms with E-state index in [1.165, 1.54) is 7.11 Å². The number of hydrogen-bond donors (Lipinski definition) is 0. The zero-order chi connectivity index (χ0) is 22.7. The SMILES string of the molecule is COc1cc(/C=C2/N=C(c3ccc(Br)cc3)OC2=O)ccc1OC(=O)c1ccccc1C. The maximum atomic E-state index is 12.5. The fourth-order valence-corrected chi connectivity index (χ4v) is 3.36. The lowest BCUT2D eigenvalue weighted by Crippen LogP contribution is -2.10. The molecule has 0 N–H and O–H groups in total. The molecule has 0 aromatic heterocycles. The molecule has 0 radical (unpaired) electrons. The number of esters is 2. The molecule has 0 unspecified atom stereocenters. The first-order chi connectivity index (χ1) is 15.4. The number of halogens is 1. The fourth-order valence-electron chi connectivity index (χ4n) is 3.10.